The monoisotopic (exact) mass is 842 g/mol. The maximum absolute atomic E-state index is 13.3. The second kappa shape index (κ2) is 35.8. The molecule has 0 unspecified atom stereocenters. The molecule has 0 atom stereocenters. The average molecular weight is 842 g/mol. The zero-order chi connectivity index (χ0) is 44.2. The van der Waals surface area contributed by atoms with E-state index in [0.29, 0.717) is 111 Å². The van der Waals surface area contributed by atoms with E-state index in [1.807, 2.05) is 13.8 Å². The van der Waals surface area contributed by atoms with Crippen molar-refractivity contribution in [3.8, 4) is 0 Å². The Balaban J connectivity index is 0.0000165. The normalized spacial score (nSPS) is 11.8. The molecule has 0 heterocycles. The van der Waals surface area contributed by atoms with Gasteiger partial charge in [-0.15, -0.1) is 10.2 Å². The Labute approximate surface area is 351 Å². The quantitative estimate of drug-likeness (QED) is 0.0221. The van der Waals surface area contributed by atoms with Crippen molar-refractivity contribution in [3.05, 3.63) is 35.4 Å². The minimum absolute atomic E-state index is 0.143. The highest BCUT2D eigenvalue weighted by Gasteiger charge is 2.17. The van der Waals surface area contributed by atoms with Crippen molar-refractivity contribution in [1.29, 1.82) is 0 Å². The Morgan fingerprint density at radius 3 is 1.69 bits per heavy atom. The first-order chi connectivity index (χ1) is 28.3. The number of amides is 4. The van der Waals surface area contributed by atoms with Gasteiger partial charge in [-0.05, 0) is 33.3 Å². The van der Waals surface area contributed by atoms with Gasteiger partial charge in [0.1, 0.15) is 11.4 Å². The smallest absolute Gasteiger partial charge is 0.407 e. The van der Waals surface area contributed by atoms with Crippen LogP contribution >= 0.6 is 0 Å². The Morgan fingerprint density at radius 2 is 1.17 bits per heavy atom. The van der Waals surface area contributed by atoms with Crippen LogP contribution in [0.4, 0.5) is 9.59 Å². The number of rotatable bonds is 32. The van der Waals surface area contributed by atoms with Gasteiger partial charge in [0.2, 0.25) is 5.91 Å². The molecule has 59 heavy (non-hydrogen) atoms. The topological polar surface area (TPSA) is 278 Å². The first-order valence-electron chi connectivity index (χ1n) is 20.3. The molecule has 0 aliphatic carbocycles. The molecule has 1 aromatic rings. The van der Waals surface area contributed by atoms with Crippen LogP contribution in [0.5, 0.6) is 0 Å². The van der Waals surface area contributed by atoms with E-state index in [0.717, 1.165) is 5.56 Å². The molecule has 4 amide bonds. The number of benzene rings is 1. The number of nitrogens with one attached hydrogen (secondary N) is 3. The predicted molar refractivity (Wildman–Crippen MR) is 230 cm³/mol. The van der Waals surface area contributed by atoms with Crippen molar-refractivity contribution in [3.63, 3.8) is 0 Å². The molecule has 11 N–H and O–H groups in total. The van der Waals surface area contributed by atoms with Gasteiger partial charge < -0.3 is 72.2 Å². The van der Waals surface area contributed by atoms with E-state index in [4.69, 9.17) is 51.4 Å². The maximum Gasteiger partial charge on any atom is 0.407 e. The lowest BCUT2D eigenvalue weighted by atomic mass is 10.1. The fourth-order valence-electron chi connectivity index (χ4n) is 4.66. The summed E-state index contributed by atoms with van der Waals surface area (Å²) in [4.78, 5) is 41.6. The van der Waals surface area contributed by atoms with Gasteiger partial charge >= 0.3 is 12.1 Å². The van der Waals surface area contributed by atoms with Crippen LogP contribution < -0.4 is 38.9 Å². The van der Waals surface area contributed by atoms with E-state index in [9.17, 15) is 14.4 Å². The lowest BCUT2D eigenvalue weighted by Crippen LogP contribution is -2.48. The fourth-order valence-corrected chi connectivity index (χ4v) is 4.66. The van der Waals surface area contributed by atoms with Gasteiger partial charge in [0, 0.05) is 71.0 Å². The van der Waals surface area contributed by atoms with E-state index >= 15 is 0 Å². The van der Waals surface area contributed by atoms with Gasteiger partial charge in [-0.1, -0.05) is 38.1 Å². The Kier molecular flexibility index (Phi) is 33.2. The third kappa shape index (κ3) is 32.4. The average Bonchev–Trinajstić information content (AvgIpc) is 3.20. The highest BCUT2D eigenvalue weighted by atomic mass is 16.6. The van der Waals surface area contributed by atoms with Gasteiger partial charge in [-0.3, -0.25) is 9.69 Å². The molecule has 0 spiro atoms. The second-order valence-electron chi connectivity index (χ2n) is 13.6. The molecule has 20 nitrogen and oxygen atoms in total. The minimum Gasteiger partial charge on any atom is -0.444 e. The zero-order valence-electron chi connectivity index (χ0n) is 36.4. The summed E-state index contributed by atoms with van der Waals surface area (Å²) >= 11 is 0. The van der Waals surface area contributed by atoms with Crippen molar-refractivity contribution < 1.29 is 42.8 Å². The SMILES string of the molecule is C/C(N)=N/N=C(\N)c1ccc(CC(=O)NCCN(CCN(CCOCCN)CCOCCN)C(=O)NCCOCCOCCOCCNC(=O)OC(C)(C)C)cc1.CC. The van der Waals surface area contributed by atoms with Crippen molar-refractivity contribution >= 4 is 29.7 Å². The van der Waals surface area contributed by atoms with Crippen molar-refractivity contribution in [1.82, 2.24) is 25.8 Å². The molecule has 0 fully saturated rings. The third-order valence-electron chi connectivity index (χ3n) is 7.42. The molecule has 20 heteroatoms. The third-order valence-corrected chi connectivity index (χ3v) is 7.42. The van der Waals surface area contributed by atoms with Crippen molar-refractivity contribution in [2.75, 3.05) is 132 Å². The van der Waals surface area contributed by atoms with Gasteiger partial charge in [0.25, 0.3) is 0 Å². The van der Waals surface area contributed by atoms with Crippen molar-refractivity contribution in [2.45, 2.75) is 53.6 Å². The summed E-state index contributed by atoms with van der Waals surface area (Å²) in [6.07, 6.45) is -0.344. The van der Waals surface area contributed by atoms with Gasteiger partial charge in [-0.2, -0.15) is 0 Å². The maximum atomic E-state index is 13.3. The highest BCUT2D eigenvalue weighted by molar-refractivity contribution is 5.97. The Bertz CT molecular complexity index is 1280. The molecule has 0 saturated heterocycles. The number of nitrogens with two attached hydrogens (primary N) is 4. The second-order valence-corrected chi connectivity index (χ2v) is 13.6. The van der Waals surface area contributed by atoms with Gasteiger partial charge in [-0.25, -0.2) is 9.59 Å². The van der Waals surface area contributed by atoms with Crippen LogP contribution in [0.1, 0.15) is 52.7 Å². The van der Waals surface area contributed by atoms with Crippen LogP contribution in [-0.4, -0.2) is 177 Å². The number of nitrogens with zero attached hydrogens (tertiary/aromatic N) is 4. The lowest BCUT2D eigenvalue weighted by molar-refractivity contribution is -0.120. The summed E-state index contributed by atoms with van der Waals surface area (Å²) in [5, 5.41) is 16.1. The zero-order valence-corrected chi connectivity index (χ0v) is 36.4. The van der Waals surface area contributed by atoms with E-state index in [2.05, 4.69) is 31.1 Å². The minimum atomic E-state index is -0.553. The van der Waals surface area contributed by atoms with Crippen LogP contribution in [0.15, 0.2) is 34.5 Å². The van der Waals surface area contributed by atoms with Crippen LogP contribution in [0.3, 0.4) is 0 Å². The Hall–Kier alpha value is -4.15. The summed E-state index contributed by atoms with van der Waals surface area (Å²) in [5.74, 6) is 0.304. The van der Waals surface area contributed by atoms with Gasteiger partial charge in [0.05, 0.1) is 72.5 Å². The number of hydrogen-bond acceptors (Lipinski definition) is 14. The number of hydrogen-bond donors (Lipinski definition) is 7. The predicted octanol–water partition coefficient (Wildman–Crippen LogP) is 0.208. The molecule has 0 aromatic heterocycles. The fraction of sp³-hybridized carbons (Fsp3) is 0.718. The number of ether oxygens (including phenoxy) is 6. The van der Waals surface area contributed by atoms with Crippen LogP contribution in [0.2, 0.25) is 0 Å². The molecule has 0 aliphatic rings. The van der Waals surface area contributed by atoms with Crippen LogP contribution in [0, 0.1) is 0 Å². The first kappa shape index (κ1) is 54.9. The summed E-state index contributed by atoms with van der Waals surface area (Å²) < 4.78 is 32.9. The molecule has 0 bridgehead atoms. The number of carbonyl (C=O) groups is 3. The molecule has 1 rings (SSSR count). The van der Waals surface area contributed by atoms with E-state index in [1.54, 1.807) is 56.9 Å². The number of carbonyl (C=O) groups excluding carboxylic acids is 3. The number of alkyl carbamates (subject to hydrolysis) is 1. The largest absolute Gasteiger partial charge is 0.444 e. The summed E-state index contributed by atoms with van der Waals surface area (Å²) in [7, 11) is 0. The summed E-state index contributed by atoms with van der Waals surface area (Å²) in [5.41, 5.74) is 23.5. The van der Waals surface area contributed by atoms with Crippen molar-refractivity contribution in [2.24, 2.45) is 33.1 Å². The lowest BCUT2D eigenvalue weighted by Gasteiger charge is -2.28. The molecule has 340 valence electrons. The van der Waals surface area contributed by atoms with E-state index in [1.165, 1.54) is 0 Å². The van der Waals surface area contributed by atoms with Crippen LogP contribution in [0.25, 0.3) is 0 Å². The van der Waals surface area contributed by atoms with E-state index < -0.39 is 11.7 Å². The highest BCUT2D eigenvalue weighted by Crippen LogP contribution is 2.07. The molecular formula is C39H75N11O9. The Morgan fingerprint density at radius 1 is 0.644 bits per heavy atom. The standard InChI is InChI=1S/C37H69N11O9.C2H6/c1-30(40)45-46-34(41)32-7-5-31(6-8-32)29-33(49)42-11-14-48(16-15-47(17-23-52-19-9-38)18-24-53-20-10-39)35(50)43-12-21-54-25-27-56-28-26-55-22-13-44-36(51)57-37(2,3)4;1-2/h5-8H,9-29,38-39H2,1-4H3,(H2,40,45)(H2,41,46)(H,42,49)(H,43,50)(H,44,51);1-2H3. The van der Waals surface area contributed by atoms with E-state index in [-0.39, 0.29) is 56.3 Å². The molecule has 0 saturated carbocycles. The molecule has 1 aromatic carbocycles. The van der Waals surface area contributed by atoms with Crippen LogP contribution in [-0.2, 0) is 39.6 Å². The molecular weight excluding hydrogens is 766 g/mol. The summed E-state index contributed by atoms with van der Waals surface area (Å²) in [6.45, 7) is 19.1. The molecule has 0 radical (unpaired) electrons. The van der Waals surface area contributed by atoms with Gasteiger partial charge in [0.15, 0.2) is 5.84 Å². The number of amidine groups is 2. The summed E-state index contributed by atoms with van der Waals surface area (Å²) in [6, 6.07) is 6.81. The number of urea groups is 1. The first-order valence-corrected chi connectivity index (χ1v) is 20.3. The molecule has 0 aliphatic heterocycles.